The van der Waals surface area contributed by atoms with E-state index in [0.29, 0.717) is 0 Å². The summed E-state index contributed by atoms with van der Waals surface area (Å²) in [6.45, 7) is 0. The van der Waals surface area contributed by atoms with Gasteiger partial charge >= 0.3 is 0 Å². The zero-order valence-electron chi connectivity index (χ0n) is 34.9. The first-order valence-electron chi connectivity index (χ1n) is 22.3. The monoisotopic (exact) mass is 806 g/mol. The summed E-state index contributed by atoms with van der Waals surface area (Å²) in [5.74, 6) is 0. The van der Waals surface area contributed by atoms with Crippen molar-refractivity contribution < 1.29 is 0 Å². The zero-order chi connectivity index (χ0) is 41.9. The lowest BCUT2D eigenvalue weighted by atomic mass is 9.80. The fourth-order valence-corrected chi connectivity index (χ4v) is 11.2. The Morgan fingerprint density at radius 2 is 0.406 bits per heavy atom. The molecule has 14 aromatic carbocycles. The molecule has 14 rings (SSSR count). The van der Waals surface area contributed by atoms with Gasteiger partial charge in [0, 0.05) is 0 Å². The van der Waals surface area contributed by atoms with Crippen molar-refractivity contribution in [1.29, 1.82) is 0 Å². The first-order valence-corrected chi connectivity index (χ1v) is 22.3. The van der Waals surface area contributed by atoms with Gasteiger partial charge < -0.3 is 0 Å². The summed E-state index contributed by atoms with van der Waals surface area (Å²) in [6.07, 6.45) is 0. The fourth-order valence-electron chi connectivity index (χ4n) is 11.2. The smallest absolute Gasteiger partial charge is 0.00139 e. The number of fused-ring (bicyclic) bond motifs is 12. The summed E-state index contributed by atoms with van der Waals surface area (Å²) in [5, 5.41) is 25.3. The molecule has 0 heterocycles. The molecule has 0 aliphatic carbocycles. The Kier molecular flexibility index (Phi) is 7.49. The molecule has 0 amide bonds. The molecule has 0 nitrogen and oxygen atoms in total. The molecule has 64 heavy (non-hydrogen) atoms. The van der Waals surface area contributed by atoms with Gasteiger partial charge in [-0.25, -0.2) is 0 Å². The lowest BCUT2D eigenvalue weighted by Gasteiger charge is -2.22. The molecule has 0 aromatic heterocycles. The SMILES string of the molecule is c1ccc2cc3c(ccc4cc(-c5c6ccccc6c(-c6c7ccccc7c(-c7ccc8c(ccc9cc%10ccccc%10cc98)c7)c7ccccc67)c6ccccc56)ccc43)cc2c1. The van der Waals surface area contributed by atoms with Gasteiger partial charge in [0.1, 0.15) is 0 Å². The number of hydrogen-bond donors (Lipinski definition) is 0. The molecule has 0 saturated carbocycles. The molecule has 14 aromatic rings. The minimum absolute atomic E-state index is 1.23. The van der Waals surface area contributed by atoms with Gasteiger partial charge in [0.2, 0.25) is 0 Å². The second-order valence-corrected chi connectivity index (χ2v) is 17.5. The van der Waals surface area contributed by atoms with Gasteiger partial charge in [0.25, 0.3) is 0 Å². The standard InChI is InChI=1S/C64H38/c1-3-15-41-37-59-45(33-39(41)13-1)27-25-43-35-47(29-31-49(43)59)61-51-17-5-9-21-55(51)63(56-22-10-6-18-52(56)61)64-57-23-11-7-19-53(57)62(54-20-8-12-24-58(54)64)48-30-32-50-44(36-48)26-28-46-34-40-14-2-4-16-42(40)38-60(46)50/h1-38H. The van der Waals surface area contributed by atoms with E-state index in [-0.39, 0.29) is 0 Å². The van der Waals surface area contributed by atoms with E-state index in [4.69, 9.17) is 0 Å². The Balaban J connectivity index is 1.01. The Labute approximate surface area is 369 Å². The van der Waals surface area contributed by atoms with Crippen LogP contribution in [0.2, 0.25) is 0 Å². The lowest BCUT2D eigenvalue weighted by Crippen LogP contribution is -1.94. The van der Waals surface area contributed by atoms with E-state index in [9.17, 15) is 0 Å². The van der Waals surface area contributed by atoms with Crippen LogP contribution in [0.4, 0.5) is 0 Å². The van der Waals surface area contributed by atoms with Crippen LogP contribution in [-0.2, 0) is 0 Å². The van der Waals surface area contributed by atoms with Gasteiger partial charge in [-0.2, -0.15) is 0 Å². The highest BCUT2D eigenvalue weighted by molar-refractivity contribution is 6.30. The normalized spacial score (nSPS) is 12.1. The number of hydrogen-bond acceptors (Lipinski definition) is 0. The predicted octanol–water partition coefficient (Wildman–Crippen LogP) is 18.2. The highest BCUT2D eigenvalue weighted by Gasteiger charge is 2.23. The van der Waals surface area contributed by atoms with E-state index in [1.165, 1.54) is 141 Å². The third-order valence-electron chi connectivity index (χ3n) is 14.1. The van der Waals surface area contributed by atoms with Crippen LogP contribution in [-0.4, -0.2) is 0 Å². The van der Waals surface area contributed by atoms with E-state index >= 15 is 0 Å². The number of rotatable bonds is 3. The Hall–Kier alpha value is -8.32. The Bertz CT molecular complexity index is 3910. The highest BCUT2D eigenvalue weighted by atomic mass is 14.3. The summed E-state index contributed by atoms with van der Waals surface area (Å²) in [6, 6.07) is 86.4. The van der Waals surface area contributed by atoms with E-state index < -0.39 is 0 Å². The van der Waals surface area contributed by atoms with Crippen molar-refractivity contribution in [3.8, 4) is 33.4 Å². The van der Waals surface area contributed by atoms with Gasteiger partial charge in [-0.05, 0) is 178 Å². The maximum atomic E-state index is 2.41. The summed E-state index contributed by atoms with van der Waals surface area (Å²) in [5.41, 5.74) is 7.58. The number of benzene rings is 14. The second-order valence-electron chi connectivity index (χ2n) is 17.5. The molecule has 0 heteroatoms. The van der Waals surface area contributed by atoms with Crippen molar-refractivity contribution in [3.63, 3.8) is 0 Å². The molecule has 0 saturated heterocycles. The molecule has 0 atom stereocenters. The predicted molar refractivity (Wildman–Crippen MR) is 278 cm³/mol. The molecular formula is C64H38. The fraction of sp³-hybridized carbons (Fsp3) is 0. The molecule has 0 aliphatic heterocycles. The minimum Gasteiger partial charge on any atom is -0.0616 e. The zero-order valence-corrected chi connectivity index (χ0v) is 34.9. The molecule has 0 radical (unpaired) electrons. The summed E-state index contributed by atoms with van der Waals surface area (Å²) < 4.78 is 0. The summed E-state index contributed by atoms with van der Waals surface area (Å²) >= 11 is 0. The first kappa shape index (κ1) is 35.3. The van der Waals surface area contributed by atoms with Crippen LogP contribution in [0.1, 0.15) is 0 Å². The van der Waals surface area contributed by atoms with Crippen LogP contribution in [0.25, 0.3) is 141 Å². The molecule has 0 fully saturated rings. The Morgan fingerprint density at radius 1 is 0.141 bits per heavy atom. The van der Waals surface area contributed by atoms with E-state index in [0.717, 1.165) is 0 Å². The van der Waals surface area contributed by atoms with Crippen molar-refractivity contribution in [2.24, 2.45) is 0 Å². The Morgan fingerprint density at radius 3 is 0.734 bits per heavy atom. The van der Waals surface area contributed by atoms with Gasteiger partial charge in [-0.1, -0.05) is 194 Å². The summed E-state index contributed by atoms with van der Waals surface area (Å²) in [7, 11) is 0. The topological polar surface area (TPSA) is 0 Å². The molecule has 0 aliphatic rings. The molecule has 0 spiro atoms. The third-order valence-corrected chi connectivity index (χ3v) is 14.1. The first-order chi connectivity index (χ1) is 31.7. The average molecular weight is 807 g/mol. The van der Waals surface area contributed by atoms with E-state index in [1.807, 2.05) is 0 Å². The molecular weight excluding hydrogens is 769 g/mol. The third kappa shape index (κ3) is 5.17. The highest BCUT2D eigenvalue weighted by Crippen LogP contribution is 2.50. The van der Waals surface area contributed by atoms with Crippen molar-refractivity contribution in [2.45, 2.75) is 0 Å². The average Bonchev–Trinajstić information content (AvgIpc) is 3.35. The van der Waals surface area contributed by atoms with E-state index in [1.54, 1.807) is 0 Å². The molecule has 294 valence electrons. The van der Waals surface area contributed by atoms with E-state index in [2.05, 4.69) is 231 Å². The van der Waals surface area contributed by atoms with Crippen LogP contribution < -0.4 is 0 Å². The molecule has 0 bridgehead atoms. The van der Waals surface area contributed by atoms with Crippen LogP contribution >= 0.6 is 0 Å². The largest absolute Gasteiger partial charge is 0.0616 e. The summed E-state index contributed by atoms with van der Waals surface area (Å²) in [4.78, 5) is 0. The maximum absolute atomic E-state index is 2.41. The van der Waals surface area contributed by atoms with Gasteiger partial charge in [-0.3, -0.25) is 0 Å². The molecule has 0 unspecified atom stereocenters. The van der Waals surface area contributed by atoms with Crippen LogP contribution in [0, 0.1) is 0 Å². The van der Waals surface area contributed by atoms with Crippen molar-refractivity contribution in [1.82, 2.24) is 0 Å². The van der Waals surface area contributed by atoms with Crippen molar-refractivity contribution in [2.75, 3.05) is 0 Å². The second kappa shape index (κ2) is 13.6. The van der Waals surface area contributed by atoms with Gasteiger partial charge in [-0.15, -0.1) is 0 Å². The van der Waals surface area contributed by atoms with Gasteiger partial charge in [0.05, 0.1) is 0 Å². The van der Waals surface area contributed by atoms with Crippen LogP contribution in [0.3, 0.4) is 0 Å². The quantitative estimate of drug-likeness (QED) is 0.123. The lowest BCUT2D eigenvalue weighted by molar-refractivity contribution is 1.69. The minimum atomic E-state index is 1.23. The molecule has 0 N–H and O–H groups in total. The van der Waals surface area contributed by atoms with Crippen molar-refractivity contribution in [3.05, 3.63) is 231 Å². The van der Waals surface area contributed by atoms with Crippen LogP contribution in [0.15, 0.2) is 231 Å². The van der Waals surface area contributed by atoms with Crippen molar-refractivity contribution >= 4 is 108 Å². The van der Waals surface area contributed by atoms with Gasteiger partial charge in [0.15, 0.2) is 0 Å². The van der Waals surface area contributed by atoms with Crippen LogP contribution in [0.5, 0.6) is 0 Å². The maximum Gasteiger partial charge on any atom is -0.00139 e.